The van der Waals surface area contributed by atoms with Gasteiger partial charge in [-0.05, 0) is 36.4 Å². The number of hydrogen-bond acceptors (Lipinski definition) is 4. The molecule has 0 atom stereocenters. The number of aromatic nitrogens is 1. The molecule has 2 aromatic carbocycles. The number of anilines is 1. The van der Waals surface area contributed by atoms with E-state index in [0.717, 1.165) is 21.6 Å². The van der Waals surface area contributed by atoms with Crippen molar-refractivity contribution in [3.63, 3.8) is 0 Å². The van der Waals surface area contributed by atoms with E-state index >= 15 is 0 Å². The van der Waals surface area contributed by atoms with Gasteiger partial charge in [0.1, 0.15) is 17.5 Å². The summed E-state index contributed by atoms with van der Waals surface area (Å²) < 4.78 is 8.17. The van der Waals surface area contributed by atoms with Crippen molar-refractivity contribution in [1.29, 1.82) is 5.26 Å². The summed E-state index contributed by atoms with van der Waals surface area (Å²) in [4.78, 5) is 17.4. The van der Waals surface area contributed by atoms with Gasteiger partial charge < -0.3 is 19.1 Å². The number of ether oxygens (including phenoxy) is 1. The summed E-state index contributed by atoms with van der Waals surface area (Å²) in [6.45, 7) is 2.55. The number of carbonyl (C=O) groups is 1. The number of hydrogen-bond donors (Lipinski definition) is 0. The molecule has 1 aromatic heterocycles. The molecule has 6 nitrogen and oxygen atoms in total. The summed E-state index contributed by atoms with van der Waals surface area (Å²) in [6.07, 6.45) is 1.78. The maximum Gasteiger partial charge on any atom is 0.272 e. The minimum absolute atomic E-state index is 0.129. The summed E-state index contributed by atoms with van der Waals surface area (Å²) in [6, 6.07) is 19.4. The third-order valence-electron chi connectivity index (χ3n) is 5.29. The summed E-state index contributed by atoms with van der Waals surface area (Å²) >= 11 is 3.47. The molecule has 152 valence electrons. The molecule has 2 heterocycles. The van der Waals surface area contributed by atoms with Crippen LogP contribution in [0, 0.1) is 11.3 Å². The van der Waals surface area contributed by atoms with E-state index in [1.807, 2.05) is 53.4 Å². The lowest BCUT2D eigenvalue weighted by molar-refractivity contribution is 0.0738. The fraction of sp³-hybridized carbons (Fsp3) is 0.217. The van der Waals surface area contributed by atoms with Crippen molar-refractivity contribution in [3.05, 3.63) is 76.5 Å². The van der Waals surface area contributed by atoms with Gasteiger partial charge >= 0.3 is 0 Å². The average Bonchev–Trinajstić information content (AvgIpc) is 3.23. The van der Waals surface area contributed by atoms with E-state index in [2.05, 4.69) is 26.9 Å². The lowest BCUT2D eigenvalue weighted by Gasteiger charge is -2.36. The van der Waals surface area contributed by atoms with Crippen molar-refractivity contribution in [2.24, 2.45) is 0 Å². The fourth-order valence-corrected chi connectivity index (χ4v) is 4.16. The van der Waals surface area contributed by atoms with Gasteiger partial charge in [-0.1, -0.05) is 34.1 Å². The number of amides is 1. The molecule has 3 aromatic rings. The van der Waals surface area contributed by atoms with Crippen molar-refractivity contribution < 1.29 is 9.53 Å². The molecule has 0 unspecified atom stereocenters. The van der Waals surface area contributed by atoms with E-state index < -0.39 is 0 Å². The molecule has 0 N–H and O–H groups in total. The number of halogens is 1. The van der Waals surface area contributed by atoms with Gasteiger partial charge in [-0.25, -0.2) is 0 Å². The number of piperazine rings is 1. The number of rotatable bonds is 4. The topological polar surface area (TPSA) is 61.5 Å². The fourth-order valence-electron chi connectivity index (χ4n) is 3.77. The molecule has 1 fully saturated rings. The number of nitriles is 1. The van der Waals surface area contributed by atoms with Crippen molar-refractivity contribution in [3.8, 4) is 17.5 Å². The standard InChI is InChI=1S/C23H21BrN4O2/c1-30-21-8-3-2-7-20(21)26-11-13-27(14-12-26)23(29)22-17(16-25)9-10-28(22)19-6-4-5-18(24)15-19/h2-10,15H,11-14H2,1H3. The van der Waals surface area contributed by atoms with Crippen LogP contribution in [0.3, 0.4) is 0 Å². The Balaban J connectivity index is 1.57. The first-order chi connectivity index (χ1) is 14.6. The number of benzene rings is 2. The first-order valence-electron chi connectivity index (χ1n) is 9.67. The van der Waals surface area contributed by atoms with Crippen molar-refractivity contribution in [1.82, 2.24) is 9.47 Å². The van der Waals surface area contributed by atoms with Crippen LogP contribution in [0.4, 0.5) is 5.69 Å². The Kier molecular flexibility index (Phi) is 5.77. The smallest absolute Gasteiger partial charge is 0.272 e. The van der Waals surface area contributed by atoms with Crippen LogP contribution >= 0.6 is 15.9 Å². The average molecular weight is 465 g/mol. The van der Waals surface area contributed by atoms with Gasteiger partial charge in [-0.2, -0.15) is 5.26 Å². The molecule has 4 rings (SSSR count). The third kappa shape index (κ3) is 3.79. The van der Waals surface area contributed by atoms with Crippen LogP contribution in [0.2, 0.25) is 0 Å². The van der Waals surface area contributed by atoms with Crippen LogP contribution < -0.4 is 9.64 Å². The highest BCUT2D eigenvalue weighted by molar-refractivity contribution is 9.10. The van der Waals surface area contributed by atoms with Gasteiger partial charge in [0.25, 0.3) is 5.91 Å². The summed E-state index contributed by atoms with van der Waals surface area (Å²) in [5.41, 5.74) is 2.65. The van der Waals surface area contributed by atoms with E-state index in [1.54, 1.807) is 23.9 Å². The molecule has 0 radical (unpaired) electrons. The highest BCUT2D eigenvalue weighted by Crippen LogP contribution is 2.29. The molecular formula is C23H21BrN4O2. The van der Waals surface area contributed by atoms with Crippen LogP contribution in [-0.2, 0) is 0 Å². The highest BCUT2D eigenvalue weighted by atomic mass is 79.9. The second kappa shape index (κ2) is 8.64. The van der Waals surface area contributed by atoms with Crippen LogP contribution in [-0.4, -0.2) is 48.7 Å². The maximum absolute atomic E-state index is 13.4. The minimum atomic E-state index is -0.129. The Hall–Kier alpha value is -3.24. The van der Waals surface area contributed by atoms with Gasteiger partial charge in [0.15, 0.2) is 0 Å². The van der Waals surface area contributed by atoms with Crippen molar-refractivity contribution >= 4 is 27.5 Å². The first-order valence-corrected chi connectivity index (χ1v) is 10.5. The number of carbonyl (C=O) groups excluding carboxylic acids is 1. The SMILES string of the molecule is COc1ccccc1N1CCN(C(=O)c2c(C#N)ccn2-c2cccc(Br)c2)CC1. The van der Waals surface area contributed by atoms with Crippen molar-refractivity contribution in [2.45, 2.75) is 0 Å². The van der Waals surface area contributed by atoms with Gasteiger partial charge in [0.05, 0.1) is 18.4 Å². The third-order valence-corrected chi connectivity index (χ3v) is 5.78. The normalized spacial score (nSPS) is 13.8. The Labute approximate surface area is 184 Å². The predicted octanol–water partition coefficient (Wildman–Crippen LogP) is 4.08. The molecule has 1 aliphatic heterocycles. The van der Waals surface area contributed by atoms with Gasteiger partial charge in [-0.15, -0.1) is 0 Å². The molecule has 0 saturated carbocycles. The van der Waals surface area contributed by atoms with Gasteiger partial charge in [-0.3, -0.25) is 4.79 Å². The molecule has 0 bridgehead atoms. The zero-order valence-electron chi connectivity index (χ0n) is 16.6. The first kappa shape index (κ1) is 20.0. The minimum Gasteiger partial charge on any atom is -0.495 e. The zero-order chi connectivity index (χ0) is 21.1. The largest absolute Gasteiger partial charge is 0.495 e. The van der Waals surface area contributed by atoms with E-state index in [9.17, 15) is 10.1 Å². The molecule has 1 saturated heterocycles. The van der Waals surface area contributed by atoms with Crippen LogP contribution in [0.1, 0.15) is 16.1 Å². The summed E-state index contributed by atoms with van der Waals surface area (Å²) in [7, 11) is 1.66. The Bertz CT molecular complexity index is 1110. The quantitative estimate of drug-likeness (QED) is 0.583. The van der Waals surface area contributed by atoms with Gasteiger partial charge in [0.2, 0.25) is 0 Å². The lowest BCUT2D eigenvalue weighted by atomic mass is 10.2. The molecule has 30 heavy (non-hydrogen) atoms. The van der Waals surface area contributed by atoms with E-state index in [-0.39, 0.29) is 5.91 Å². The molecule has 0 spiro atoms. The molecular weight excluding hydrogens is 444 g/mol. The molecule has 1 aliphatic rings. The number of para-hydroxylation sites is 2. The lowest BCUT2D eigenvalue weighted by Crippen LogP contribution is -2.49. The number of methoxy groups -OCH3 is 1. The molecule has 0 aliphatic carbocycles. The summed E-state index contributed by atoms with van der Waals surface area (Å²) in [5, 5.41) is 9.56. The van der Waals surface area contributed by atoms with E-state index in [1.165, 1.54) is 0 Å². The second-order valence-electron chi connectivity index (χ2n) is 6.99. The monoisotopic (exact) mass is 464 g/mol. The van der Waals surface area contributed by atoms with Gasteiger partial charge in [0, 0.05) is 42.5 Å². The van der Waals surface area contributed by atoms with Crippen LogP contribution in [0.15, 0.2) is 65.3 Å². The van der Waals surface area contributed by atoms with Crippen LogP contribution in [0.25, 0.3) is 5.69 Å². The molecule has 1 amide bonds. The summed E-state index contributed by atoms with van der Waals surface area (Å²) in [5.74, 6) is 0.698. The Morgan fingerprint density at radius 1 is 1.07 bits per heavy atom. The number of nitrogens with zero attached hydrogens (tertiary/aromatic N) is 4. The van der Waals surface area contributed by atoms with Crippen LogP contribution in [0.5, 0.6) is 5.75 Å². The van der Waals surface area contributed by atoms with Crippen molar-refractivity contribution in [2.75, 3.05) is 38.2 Å². The van der Waals surface area contributed by atoms with E-state index in [4.69, 9.17) is 4.74 Å². The molecule has 7 heteroatoms. The predicted molar refractivity (Wildman–Crippen MR) is 119 cm³/mol. The highest BCUT2D eigenvalue weighted by Gasteiger charge is 2.27. The maximum atomic E-state index is 13.4. The zero-order valence-corrected chi connectivity index (χ0v) is 18.2. The Morgan fingerprint density at radius 2 is 1.83 bits per heavy atom. The van der Waals surface area contributed by atoms with E-state index in [0.29, 0.717) is 37.4 Å². The second-order valence-corrected chi connectivity index (χ2v) is 7.91. The Morgan fingerprint density at radius 3 is 2.53 bits per heavy atom.